The largest absolute Gasteiger partial charge is 0.465 e. The Morgan fingerprint density at radius 2 is 1.81 bits per heavy atom. The number of sulfonamides is 1. The van der Waals surface area contributed by atoms with E-state index in [9.17, 15) is 13.2 Å². The number of nitrogens with one attached hydrogen (secondary N) is 1. The van der Waals surface area contributed by atoms with E-state index >= 15 is 0 Å². The standard InChI is InChI=1S/C18H21N3O4S/c1-26(23,24)21-12-10-20(11-13-21)16-6-4-15(5-7-16)19-18(22)9-8-17-3-2-14-25-17/h2-9,14H,10-13H2,1H3,(H,19,22)/b9-8-. The molecular weight excluding hydrogens is 354 g/mol. The average Bonchev–Trinajstić information content (AvgIpc) is 3.14. The lowest BCUT2D eigenvalue weighted by molar-refractivity contribution is -0.111. The van der Waals surface area contributed by atoms with Gasteiger partial charge < -0.3 is 14.6 Å². The smallest absolute Gasteiger partial charge is 0.248 e. The quantitative estimate of drug-likeness (QED) is 0.809. The summed E-state index contributed by atoms with van der Waals surface area (Å²) in [6.45, 7) is 2.25. The number of hydrogen-bond acceptors (Lipinski definition) is 5. The van der Waals surface area contributed by atoms with Crippen LogP contribution < -0.4 is 10.2 Å². The summed E-state index contributed by atoms with van der Waals surface area (Å²) < 4.78 is 29.7. The highest BCUT2D eigenvalue weighted by molar-refractivity contribution is 7.88. The molecule has 0 spiro atoms. The Bertz CT molecular complexity index is 866. The molecule has 2 aromatic rings. The predicted octanol–water partition coefficient (Wildman–Crippen LogP) is 2.01. The second-order valence-corrected chi connectivity index (χ2v) is 8.02. The molecule has 8 heteroatoms. The van der Waals surface area contributed by atoms with Crippen LogP contribution in [0.3, 0.4) is 0 Å². The Morgan fingerprint density at radius 3 is 2.38 bits per heavy atom. The zero-order chi connectivity index (χ0) is 18.6. The van der Waals surface area contributed by atoms with Gasteiger partial charge in [-0.3, -0.25) is 4.79 Å². The number of rotatable bonds is 5. The van der Waals surface area contributed by atoms with Crippen LogP contribution >= 0.6 is 0 Å². The Hall–Kier alpha value is -2.58. The van der Waals surface area contributed by atoms with Gasteiger partial charge in [0.25, 0.3) is 0 Å². The van der Waals surface area contributed by atoms with E-state index in [4.69, 9.17) is 4.42 Å². The normalized spacial score (nSPS) is 16.1. The Labute approximate surface area is 152 Å². The molecule has 0 bridgehead atoms. The third-order valence-electron chi connectivity index (χ3n) is 4.15. The number of carbonyl (C=O) groups is 1. The molecule has 7 nitrogen and oxygen atoms in total. The van der Waals surface area contributed by atoms with Gasteiger partial charge in [0.15, 0.2) is 0 Å². The van der Waals surface area contributed by atoms with Crippen LogP contribution in [0.15, 0.2) is 53.2 Å². The summed E-state index contributed by atoms with van der Waals surface area (Å²) in [6.07, 6.45) is 5.80. The van der Waals surface area contributed by atoms with E-state index in [1.165, 1.54) is 16.6 Å². The van der Waals surface area contributed by atoms with Crippen molar-refractivity contribution in [2.45, 2.75) is 0 Å². The van der Waals surface area contributed by atoms with Gasteiger partial charge in [-0.15, -0.1) is 0 Å². The molecule has 0 aliphatic carbocycles. The Balaban J connectivity index is 1.55. The number of furan rings is 1. The number of amides is 1. The van der Waals surface area contributed by atoms with Crippen molar-refractivity contribution in [1.82, 2.24) is 4.31 Å². The van der Waals surface area contributed by atoms with Crippen LogP contribution in [0, 0.1) is 0 Å². The number of anilines is 2. The first-order valence-electron chi connectivity index (χ1n) is 8.24. The van der Waals surface area contributed by atoms with Crippen LogP contribution in [-0.4, -0.2) is 51.1 Å². The van der Waals surface area contributed by atoms with Crippen molar-refractivity contribution < 1.29 is 17.6 Å². The number of nitrogens with zero attached hydrogens (tertiary/aromatic N) is 2. The van der Waals surface area contributed by atoms with Gasteiger partial charge in [-0.1, -0.05) is 0 Å². The van der Waals surface area contributed by atoms with Crippen LogP contribution in [0.4, 0.5) is 11.4 Å². The molecule has 138 valence electrons. The van der Waals surface area contributed by atoms with Crippen molar-refractivity contribution in [3.8, 4) is 0 Å². The molecule has 0 saturated carbocycles. The molecule has 1 saturated heterocycles. The number of hydrogen-bond donors (Lipinski definition) is 1. The maximum atomic E-state index is 11.9. The fraction of sp³-hybridized carbons (Fsp3) is 0.278. The molecular formula is C18H21N3O4S. The first kappa shape index (κ1) is 18.2. The van der Waals surface area contributed by atoms with Crippen LogP contribution in [0.5, 0.6) is 0 Å². The van der Waals surface area contributed by atoms with Gasteiger partial charge in [0.1, 0.15) is 5.76 Å². The van der Waals surface area contributed by atoms with E-state index in [0.717, 1.165) is 5.69 Å². The molecule has 0 unspecified atom stereocenters. The third kappa shape index (κ3) is 4.74. The molecule has 1 aliphatic heterocycles. The molecule has 1 aromatic carbocycles. The maximum Gasteiger partial charge on any atom is 0.248 e. The number of benzene rings is 1. The van der Waals surface area contributed by atoms with E-state index in [-0.39, 0.29) is 5.91 Å². The van der Waals surface area contributed by atoms with Crippen molar-refractivity contribution in [2.75, 3.05) is 42.7 Å². The molecule has 3 rings (SSSR count). The van der Waals surface area contributed by atoms with Gasteiger partial charge in [-0.25, -0.2) is 8.42 Å². The predicted molar refractivity (Wildman–Crippen MR) is 101 cm³/mol. The van der Waals surface area contributed by atoms with E-state index < -0.39 is 10.0 Å². The second kappa shape index (κ2) is 7.76. The molecule has 0 atom stereocenters. The van der Waals surface area contributed by atoms with Gasteiger partial charge in [-0.2, -0.15) is 4.31 Å². The van der Waals surface area contributed by atoms with Gasteiger partial charge in [0, 0.05) is 43.6 Å². The minimum absolute atomic E-state index is 0.240. The molecule has 0 radical (unpaired) electrons. The van der Waals surface area contributed by atoms with Crippen molar-refractivity contribution >= 4 is 33.4 Å². The van der Waals surface area contributed by atoms with Crippen LogP contribution in [0.1, 0.15) is 5.76 Å². The lowest BCUT2D eigenvalue weighted by Gasteiger charge is -2.34. The fourth-order valence-electron chi connectivity index (χ4n) is 2.76. The fourth-order valence-corrected chi connectivity index (χ4v) is 3.59. The van der Waals surface area contributed by atoms with Crippen LogP contribution in [0.25, 0.3) is 6.08 Å². The zero-order valence-corrected chi connectivity index (χ0v) is 15.3. The zero-order valence-electron chi connectivity index (χ0n) is 14.5. The summed E-state index contributed by atoms with van der Waals surface area (Å²) in [4.78, 5) is 14.0. The van der Waals surface area contributed by atoms with E-state index in [0.29, 0.717) is 37.6 Å². The van der Waals surface area contributed by atoms with Gasteiger partial charge in [0.05, 0.1) is 12.5 Å². The Morgan fingerprint density at radius 1 is 1.12 bits per heavy atom. The van der Waals surface area contributed by atoms with Crippen molar-refractivity contribution in [2.24, 2.45) is 0 Å². The third-order valence-corrected chi connectivity index (χ3v) is 5.45. The monoisotopic (exact) mass is 375 g/mol. The van der Waals surface area contributed by atoms with Crippen molar-refractivity contribution in [3.63, 3.8) is 0 Å². The van der Waals surface area contributed by atoms with Gasteiger partial charge >= 0.3 is 0 Å². The van der Waals surface area contributed by atoms with Crippen LogP contribution in [0.2, 0.25) is 0 Å². The highest BCUT2D eigenvalue weighted by Crippen LogP contribution is 2.20. The first-order valence-corrected chi connectivity index (χ1v) is 10.1. The van der Waals surface area contributed by atoms with E-state index in [1.807, 2.05) is 24.3 Å². The summed E-state index contributed by atoms with van der Waals surface area (Å²) in [6, 6.07) is 11.0. The highest BCUT2D eigenvalue weighted by Gasteiger charge is 2.23. The van der Waals surface area contributed by atoms with Gasteiger partial charge in [-0.05, 0) is 42.5 Å². The summed E-state index contributed by atoms with van der Waals surface area (Å²) in [5.74, 6) is 0.375. The Kier molecular flexibility index (Phi) is 5.43. The second-order valence-electron chi connectivity index (χ2n) is 6.03. The number of carbonyl (C=O) groups excluding carboxylic acids is 1. The summed E-state index contributed by atoms with van der Waals surface area (Å²) >= 11 is 0. The molecule has 1 N–H and O–H groups in total. The lowest BCUT2D eigenvalue weighted by atomic mass is 10.2. The number of piperazine rings is 1. The first-order chi connectivity index (χ1) is 12.4. The summed E-state index contributed by atoms with van der Waals surface area (Å²) in [7, 11) is -3.13. The molecule has 2 heterocycles. The topological polar surface area (TPSA) is 82.9 Å². The molecule has 1 amide bonds. The van der Waals surface area contributed by atoms with Crippen molar-refractivity contribution in [1.29, 1.82) is 0 Å². The summed E-state index contributed by atoms with van der Waals surface area (Å²) in [5, 5.41) is 2.79. The van der Waals surface area contributed by atoms with Gasteiger partial charge in [0.2, 0.25) is 15.9 Å². The maximum absolute atomic E-state index is 11.9. The summed E-state index contributed by atoms with van der Waals surface area (Å²) in [5.41, 5.74) is 1.69. The highest BCUT2D eigenvalue weighted by atomic mass is 32.2. The van der Waals surface area contributed by atoms with E-state index in [2.05, 4.69) is 10.2 Å². The average molecular weight is 375 g/mol. The minimum atomic E-state index is -3.13. The van der Waals surface area contributed by atoms with Crippen LogP contribution in [-0.2, 0) is 14.8 Å². The minimum Gasteiger partial charge on any atom is -0.465 e. The van der Waals surface area contributed by atoms with E-state index in [1.54, 1.807) is 24.5 Å². The molecule has 1 fully saturated rings. The lowest BCUT2D eigenvalue weighted by Crippen LogP contribution is -2.48. The van der Waals surface area contributed by atoms with Crippen molar-refractivity contribution in [3.05, 3.63) is 54.5 Å². The molecule has 1 aliphatic rings. The SMILES string of the molecule is CS(=O)(=O)N1CCN(c2ccc(NC(=O)/C=C\c3ccco3)cc2)CC1. The molecule has 26 heavy (non-hydrogen) atoms. The molecule has 1 aromatic heterocycles.